The standard InChI is InChI=1S/C31H44O4/c1-18-9-14-31(26(34)35-8)16-15-29(6)20(24(31)19(18)2)17-21(32)25-28(5)12-11-23(33)27(3,4)22(28)10-13-30(25,29)7/h11-12,17-19,22,24-25H,9-10,13-16H2,1-8H3/t18-,19+,22+,24?,25-,28+,29-,30-,31+/m1/s1. The molecule has 0 N–H and O–H groups in total. The highest BCUT2D eigenvalue weighted by Crippen LogP contribution is 2.74. The molecule has 0 bridgehead atoms. The molecule has 0 aromatic carbocycles. The van der Waals surface area contributed by atoms with Gasteiger partial charge < -0.3 is 4.74 Å². The summed E-state index contributed by atoms with van der Waals surface area (Å²) >= 11 is 0. The number of carbonyl (C=O) groups excluding carboxylic acids is 3. The van der Waals surface area contributed by atoms with Gasteiger partial charge in [-0.2, -0.15) is 0 Å². The molecule has 192 valence electrons. The minimum Gasteiger partial charge on any atom is -0.469 e. The first kappa shape index (κ1) is 25.0. The Hall–Kier alpha value is -1.71. The average Bonchev–Trinajstić information content (AvgIpc) is 2.79. The average molecular weight is 481 g/mol. The van der Waals surface area contributed by atoms with Crippen molar-refractivity contribution in [2.24, 2.45) is 56.7 Å². The number of esters is 1. The van der Waals surface area contributed by atoms with Crippen molar-refractivity contribution < 1.29 is 19.1 Å². The number of hydrogen-bond donors (Lipinski definition) is 0. The molecule has 0 saturated heterocycles. The Bertz CT molecular complexity index is 1050. The fourth-order valence-corrected chi connectivity index (χ4v) is 10.2. The lowest BCUT2D eigenvalue weighted by Gasteiger charge is -2.69. The van der Waals surface area contributed by atoms with Gasteiger partial charge in [0, 0.05) is 16.7 Å². The lowest BCUT2D eigenvalue weighted by Crippen LogP contribution is -2.66. The number of carbonyl (C=O) groups is 3. The van der Waals surface area contributed by atoms with Gasteiger partial charge in [0.15, 0.2) is 11.6 Å². The summed E-state index contributed by atoms with van der Waals surface area (Å²) in [6.07, 6.45) is 11.3. The second-order valence-electron chi connectivity index (χ2n) is 14.1. The van der Waals surface area contributed by atoms with E-state index in [1.807, 2.05) is 6.08 Å². The Kier molecular flexibility index (Phi) is 5.29. The molecule has 0 aromatic heterocycles. The first-order valence-electron chi connectivity index (χ1n) is 13.8. The number of rotatable bonds is 1. The Balaban J connectivity index is 1.69. The molecule has 9 atom stereocenters. The smallest absolute Gasteiger partial charge is 0.312 e. The zero-order chi connectivity index (χ0) is 25.8. The van der Waals surface area contributed by atoms with E-state index in [2.05, 4.69) is 54.5 Å². The van der Waals surface area contributed by atoms with Gasteiger partial charge in [-0.25, -0.2) is 0 Å². The van der Waals surface area contributed by atoms with E-state index in [1.165, 1.54) is 12.7 Å². The molecule has 0 radical (unpaired) electrons. The highest BCUT2D eigenvalue weighted by Gasteiger charge is 2.71. The molecule has 0 amide bonds. The summed E-state index contributed by atoms with van der Waals surface area (Å²) in [5.74, 6) is 1.16. The number of allylic oxidation sites excluding steroid dienone is 4. The molecule has 3 saturated carbocycles. The van der Waals surface area contributed by atoms with Crippen molar-refractivity contribution in [2.45, 2.75) is 87.0 Å². The molecular formula is C31H44O4. The summed E-state index contributed by atoms with van der Waals surface area (Å²) in [7, 11) is 1.52. The van der Waals surface area contributed by atoms with Crippen molar-refractivity contribution in [2.75, 3.05) is 7.11 Å². The fourth-order valence-electron chi connectivity index (χ4n) is 10.2. The van der Waals surface area contributed by atoms with E-state index in [1.54, 1.807) is 6.08 Å². The molecule has 5 aliphatic carbocycles. The highest BCUT2D eigenvalue weighted by atomic mass is 16.5. The van der Waals surface area contributed by atoms with Crippen molar-refractivity contribution >= 4 is 17.5 Å². The van der Waals surface area contributed by atoms with Gasteiger partial charge in [0.25, 0.3) is 0 Å². The normalized spacial score (nSPS) is 50.3. The third kappa shape index (κ3) is 2.83. The largest absolute Gasteiger partial charge is 0.469 e. The molecule has 5 rings (SSSR count). The van der Waals surface area contributed by atoms with Crippen LogP contribution in [0.25, 0.3) is 0 Å². The second kappa shape index (κ2) is 7.42. The van der Waals surface area contributed by atoms with Crippen LogP contribution in [0.2, 0.25) is 0 Å². The van der Waals surface area contributed by atoms with Gasteiger partial charge >= 0.3 is 5.97 Å². The van der Waals surface area contributed by atoms with Crippen LogP contribution in [0, 0.1) is 56.7 Å². The zero-order valence-corrected chi connectivity index (χ0v) is 23.0. The molecule has 35 heavy (non-hydrogen) atoms. The molecule has 4 heteroatoms. The topological polar surface area (TPSA) is 60.4 Å². The SMILES string of the molecule is COC(=O)[C@]12CC[C@@H](C)[C@H](C)C1C1=CC(=O)[C@@H]3[C@@]4(C)C=CC(=O)C(C)(C)[C@@H]4CC[C@@]3(C)[C@]1(C)CC2. The van der Waals surface area contributed by atoms with Gasteiger partial charge in [-0.15, -0.1) is 0 Å². The van der Waals surface area contributed by atoms with Crippen LogP contribution in [0.1, 0.15) is 87.0 Å². The zero-order valence-electron chi connectivity index (χ0n) is 23.0. The van der Waals surface area contributed by atoms with E-state index in [-0.39, 0.29) is 51.5 Å². The van der Waals surface area contributed by atoms with Crippen LogP contribution >= 0.6 is 0 Å². The minimum absolute atomic E-state index is 0.0459. The fraction of sp³-hybridized carbons (Fsp3) is 0.774. The summed E-state index contributed by atoms with van der Waals surface area (Å²) in [5, 5.41) is 0. The van der Waals surface area contributed by atoms with Gasteiger partial charge in [-0.05, 0) is 85.2 Å². The van der Waals surface area contributed by atoms with Gasteiger partial charge in [-0.1, -0.05) is 60.1 Å². The van der Waals surface area contributed by atoms with E-state index >= 15 is 0 Å². The van der Waals surface area contributed by atoms with Crippen molar-refractivity contribution in [3.63, 3.8) is 0 Å². The number of hydrogen-bond acceptors (Lipinski definition) is 4. The van der Waals surface area contributed by atoms with Crippen molar-refractivity contribution in [3.8, 4) is 0 Å². The van der Waals surface area contributed by atoms with Gasteiger partial charge in [0.1, 0.15) is 0 Å². The summed E-state index contributed by atoms with van der Waals surface area (Å²) in [6.45, 7) is 15.7. The predicted molar refractivity (Wildman–Crippen MR) is 136 cm³/mol. The lowest BCUT2D eigenvalue weighted by atomic mass is 9.34. The van der Waals surface area contributed by atoms with Crippen LogP contribution < -0.4 is 0 Å². The Labute approximate surface area is 211 Å². The van der Waals surface area contributed by atoms with Gasteiger partial charge in [-0.3, -0.25) is 14.4 Å². The van der Waals surface area contributed by atoms with Crippen LogP contribution in [0.15, 0.2) is 23.8 Å². The number of fused-ring (bicyclic) bond motifs is 7. The Morgan fingerprint density at radius 3 is 2.31 bits per heavy atom. The summed E-state index contributed by atoms with van der Waals surface area (Å²) in [5.41, 5.74) is -0.496. The second-order valence-corrected chi connectivity index (χ2v) is 14.1. The monoisotopic (exact) mass is 480 g/mol. The van der Waals surface area contributed by atoms with Crippen LogP contribution in [0.4, 0.5) is 0 Å². The van der Waals surface area contributed by atoms with Crippen LogP contribution in [-0.4, -0.2) is 24.6 Å². The highest BCUT2D eigenvalue weighted by molar-refractivity contribution is 5.99. The van der Waals surface area contributed by atoms with Crippen LogP contribution in [-0.2, 0) is 19.1 Å². The molecule has 5 aliphatic rings. The summed E-state index contributed by atoms with van der Waals surface area (Å²) in [6, 6.07) is 0. The predicted octanol–water partition coefficient (Wildman–Crippen LogP) is 6.34. The molecule has 0 spiro atoms. The lowest BCUT2D eigenvalue weighted by molar-refractivity contribution is -0.182. The third-order valence-corrected chi connectivity index (χ3v) is 12.6. The van der Waals surface area contributed by atoms with E-state index in [4.69, 9.17) is 4.74 Å². The molecule has 0 heterocycles. The molecule has 4 nitrogen and oxygen atoms in total. The maximum atomic E-state index is 14.3. The van der Waals surface area contributed by atoms with E-state index in [0.29, 0.717) is 11.8 Å². The van der Waals surface area contributed by atoms with Crippen molar-refractivity contribution in [1.29, 1.82) is 0 Å². The van der Waals surface area contributed by atoms with Crippen molar-refractivity contribution in [1.82, 2.24) is 0 Å². The number of ether oxygens (including phenoxy) is 1. The maximum absolute atomic E-state index is 14.3. The number of ketones is 2. The van der Waals surface area contributed by atoms with Gasteiger partial charge in [0.2, 0.25) is 0 Å². The molecule has 1 unspecified atom stereocenters. The number of methoxy groups -OCH3 is 1. The first-order valence-corrected chi connectivity index (χ1v) is 13.8. The summed E-state index contributed by atoms with van der Waals surface area (Å²) in [4.78, 5) is 40.5. The third-order valence-electron chi connectivity index (χ3n) is 12.6. The molecule has 0 aromatic rings. The Morgan fingerprint density at radius 1 is 0.971 bits per heavy atom. The Morgan fingerprint density at radius 2 is 1.66 bits per heavy atom. The minimum atomic E-state index is -0.518. The van der Waals surface area contributed by atoms with Crippen LogP contribution in [0.5, 0.6) is 0 Å². The quantitative estimate of drug-likeness (QED) is 0.411. The molecule has 0 aliphatic heterocycles. The molecule has 3 fully saturated rings. The van der Waals surface area contributed by atoms with Gasteiger partial charge in [0.05, 0.1) is 12.5 Å². The van der Waals surface area contributed by atoms with Crippen LogP contribution in [0.3, 0.4) is 0 Å². The van der Waals surface area contributed by atoms with Crippen molar-refractivity contribution in [3.05, 3.63) is 23.8 Å². The van der Waals surface area contributed by atoms with E-state index in [0.717, 1.165) is 38.5 Å². The first-order chi connectivity index (χ1) is 16.2. The van der Waals surface area contributed by atoms with E-state index < -0.39 is 10.8 Å². The van der Waals surface area contributed by atoms with E-state index in [9.17, 15) is 14.4 Å². The molecular weight excluding hydrogens is 436 g/mol. The summed E-state index contributed by atoms with van der Waals surface area (Å²) < 4.78 is 5.43. The maximum Gasteiger partial charge on any atom is 0.312 e.